The number of nitrogens with zero attached hydrogens (tertiary/aromatic N) is 3. The second-order valence-electron chi connectivity index (χ2n) is 5.85. The second kappa shape index (κ2) is 11.5. The molecule has 2 N–H and O–H groups in total. The molecule has 0 saturated heterocycles. The van der Waals surface area contributed by atoms with Gasteiger partial charge in [0.1, 0.15) is 0 Å². The van der Waals surface area contributed by atoms with Crippen molar-refractivity contribution in [2.24, 2.45) is 4.99 Å². The number of halogens is 1. The number of nitrogens with one attached hydrogen (secondary N) is 2. The van der Waals surface area contributed by atoms with Gasteiger partial charge in [-0.05, 0) is 51.8 Å². The maximum atomic E-state index is 4.68. The molecule has 0 aromatic carbocycles. The van der Waals surface area contributed by atoms with Gasteiger partial charge >= 0.3 is 0 Å². The number of rotatable bonds is 8. The lowest BCUT2D eigenvalue weighted by atomic mass is 10.3. The Labute approximate surface area is 172 Å². The predicted molar refractivity (Wildman–Crippen MR) is 118 cm³/mol. The fourth-order valence-electron chi connectivity index (χ4n) is 2.53. The molecule has 7 heteroatoms. The first kappa shape index (κ1) is 22.0. The summed E-state index contributed by atoms with van der Waals surface area (Å²) in [5.41, 5.74) is 2.30. The van der Waals surface area contributed by atoms with Crippen molar-refractivity contribution >= 4 is 41.3 Å². The number of aryl methyl sites for hydroxylation is 4. The Kier molecular flexibility index (Phi) is 10.1. The molecule has 25 heavy (non-hydrogen) atoms. The molecule has 0 aliphatic carbocycles. The Morgan fingerprint density at radius 1 is 1.20 bits per heavy atom. The zero-order valence-electron chi connectivity index (χ0n) is 15.6. The van der Waals surface area contributed by atoms with Crippen LogP contribution < -0.4 is 10.6 Å². The number of thiophene rings is 1. The molecule has 0 radical (unpaired) electrons. The van der Waals surface area contributed by atoms with Gasteiger partial charge in [-0.3, -0.25) is 4.68 Å². The van der Waals surface area contributed by atoms with Crippen molar-refractivity contribution in [2.75, 3.05) is 13.1 Å². The van der Waals surface area contributed by atoms with Crippen LogP contribution in [0, 0.1) is 13.8 Å². The Morgan fingerprint density at radius 2 is 1.96 bits per heavy atom. The zero-order valence-corrected chi connectivity index (χ0v) is 18.8. The van der Waals surface area contributed by atoms with Crippen LogP contribution in [-0.2, 0) is 19.5 Å². The van der Waals surface area contributed by atoms with Crippen molar-refractivity contribution in [3.05, 3.63) is 39.3 Å². The smallest absolute Gasteiger partial charge is 0.191 e. The molecule has 2 heterocycles. The monoisotopic (exact) mass is 475 g/mol. The van der Waals surface area contributed by atoms with Gasteiger partial charge in [-0.1, -0.05) is 6.92 Å². The van der Waals surface area contributed by atoms with Crippen LogP contribution >= 0.6 is 35.3 Å². The highest BCUT2D eigenvalue weighted by Crippen LogP contribution is 2.17. The van der Waals surface area contributed by atoms with Gasteiger partial charge in [-0.2, -0.15) is 5.10 Å². The molecule has 2 rings (SSSR count). The maximum Gasteiger partial charge on any atom is 0.191 e. The van der Waals surface area contributed by atoms with Crippen molar-refractivity contribution in [2.45, 2.75) is 53.6 Å². The Hall–Kier alpha value is -1.09. The van der Waals surface area contributed by atoms with E-state index in [2.05, 4.69) is 64.4 Å². The average Bonchev–Trinajstić information content (AvgIpc) is 3.15. The first-order chi connectivity index (χ1) is 11.6. The molecule has 0 spiro atoms. The van der Waals surface area contributed by atoms with Crippen molar-refractivity contribution in [1.29, 1.82) is 0 Å². The number of hydrogen-bond donors (Lipinski definition) is 2. The second-order valence-corrected chi connectivity index (χ2v) is 7.10. The molecule has 2 aromatic heterocycles. The first-order valence-corrected chi connectivity index (χ1v) is 9.54. The summed E-state index contributed by atoms with van der Waals surface area (Å²) in [5, 5.41) is 11.2. The molecule has 0 aliphatic rings. The van der Waals surface area contributed by atoms with Crippen LogP contribution in [0.3, 0.4) is 0 Å². The van der Waals surface area contributed by atoms with E-state index < -0.39 is 0 Å². The third kappa shape index (κ3) is 7.35. The van der Waals surface area contributed by atoms with E-state index in [1.807, 2.05) is 18.3 Å². The zero-order chi connectivity index (χ0) is 17.4. The topological polar surface area (TPSA) is 54.2 Å². The van der Waals surface area contributed by atoms with E-state index in [0.29, 0.717) is 0 Å². The normalized spacial score (nSPS) is 11.3. The molecule has 0 saturated carbocycles. The van der Waals surface area contributed by atoms with Crippen LogP contribution in [-0.4, -0.2) is 28.8 Å². The van der Waals surface area contributed by atoms with Crippen LogP contribution in [0.25, 0.3) is 0 Å². The summed E-state index contributed by atoms with van der Waals surface area (Å²) in [6, 6.07) is 6.49. The van der Waals surface area contributed by atoms with Gasteiger partial charge in [0.15, 0.2) is 5.96 Å². The molecule has 0 fully saturated rings. The third-order valence-electron chi connectivity index (χ3n) is 3.75. The van der Waals surface area contributed by atoms with E-state index in [0.717, 1.165) is 50.7 Å². The van der Waals surface area contributed by atoms with E-state index in [4.69, 9.17) is 0 Å². The van der Waals surface area contributed by atoms with E-state index in [1.165, 1.54) is 15.4 Å². The average molecular weight is 475 g/mol. The van der Waals surface area contributed by atoms with Crippen LogP contribution in [0.2, 0.25) is 0 Å². The van der Waals surface area contributed by atoms with Gasteiger partial charge in [0.2, 0.25) is 0 Å². The van der Waals surface area contributed by atoms with E-state index >= 15 is 0 Å². The summed E-state index contributed by atoms with van der Waals surface area (Å²) in [6.45, 7) is 11.8. The number of hydrogen-bond acceptors (Lipinski definition) is 3. The lowest BCUT2D eigenvalue weighted by Gasteiger charge is -2.11. The third-order valence-corrected chi connectivity index (χ3v) is 4.96. The minimum absolute atomic E-state index is 0. The van der Waals surface area contributed by atoms with Crippen molar-refractivity contribution in [1.82, 2.24) is 20.4 Å². The van der Waals surface area contributed by atoms with Crippen LogP contribution in [0.1, 0.15) is 41.4 Å². The first-order valence-electron chi connectivity index (χ1n) is 8.73. The lowest BCUT2D eigenvalue weighted by Crippen LogP contribution is -2.38. The van der Waals surface area contributed by atoms with Crippen molar-refractivity contribution in [3.63, 3.8) is 0 Å². The highest BCUT2D eigenvalue weighted by Gasteiger charge is 2.02. The van der Waals surface area contributed by atoms with E-state index in [9.17, 15) is 0 Å². The summed E-state index contributed by atoms with van der Waals surface area (Å²) in [7, 11) is 0. The molecule has 0 amide bonds. The van der Waals surface area contributed by atoms with Gasteiger partial charge < -0.3 is 10.6 Å². The number of guanidine groups is 1. The SMILES string of the molecule is CCNC(=NCc1ccc(CC)s1)NCCCn1nc(C)cc1C.I. The largest absolute Gasteiger partial charge is 0.357 e. The molecule has 140 valence electrons. The Morgan fingerprint density at radius 3 is 2.56 bits per heavy atom. The molecule has 0 atom stereocenters. The van der Waals surface area contributed by atoms with Crippen molar-refractivity contribution in [3.8, 4) is 0 Å². The fourth-order valence-corrected chi connectivity index (χ4v) is 3.42. The minimum Gasteiger partial charge on any atom is -0.357 e. The van der Waals surface area contributed by atoms with Gasteiger partial charge in [0.05, 0.1) is 12.2 Å². The van der Waals surface area contributed by atoms with Crippen LogP contribution in [0.5, 0.6) is 0 Å². The summed E-state index contributed by atoms with van der Waals surface area (Å²) < 4.78 is 2.07. The van der Waals surface area contributed by atoms with Gasteiger partial charge in [-0.15, -0.1) is 35.3 Å². The molecule has 0 unspecified atom stereocenters. The standard InChI is InChI=1S/C18H29N5S.HI/c1-5-16-8-9-17(24-16)13-21-18(19-6-2)20-10-7-11-23-15(4)12-14(3)22-23;/h8-9,12H,5-7,10-11,13H2,1-4H3,(H2,19,20,21);1H. The Balaban J connectivity index is 0.00000312. The van der Waals surface area contributed by atoms with E-state index in [1.54, 1.807) is 0 Å². The summed E-state index contributed by atoms with van der Waals surface area (Å²) in [5.74, 6) is 0.886. The highest BCUT2D eigenvalue weighted by atomic mass is 127. The lowest BCUT2D eigenvalue weighted by molar-refractivity contribution is 0.555. The quantitative estimate of drug-likeness (QED) is 0.264. The van der Waals surface area contributed by atoms with Gasteiger partial charge in [0.25, 0.3) is 0 Å². The summed E-state index contributed by atoms with van der Waals surface area (Å²) >= 11 is 1.85. The molecule has 0 aliphatic heterocycles. The van der Waals surface area contributed by atoms with Gasteiger partial charge in [-0.25, -0.2) is 4.99 Å². The number of aliphatic imine (C=N–C) groups is 1. The van der Waals surface area contributed by atoms with E-state index in [-0.39, 0.29) is 24.0 Å². The molecular formula is C18H30IN5S. The van der Waals surface area contributed by atoms with Crippen LogP contribution in [0.15, 0.2) is 23.2 Å². The molecule has 5 nitrogen and oxygen atoms in total. The van der Waals surface area contributed by atoms with Gasteiger partial charge in [0, 0.05) is 35.1 Å². The molecule has 2 aromatic rings. The predicted octanol–water partition coefficient (Wildman–Crippen LogP) is 3.89. The fraction of sp³-hybridized carbons (Fsp3) is 0.556. The summed E-state index contributed by atoms with van der Waals surface area (Å²) in [6.07, 6.45) is 2.12. The summed E-state index contributed by atoms with van der Waals surface area (Å²) in [4.78, 5) is 7.41. The molecular weight excluding hydrogens is 445 g/mol. The molecule has 0 bridgehead atoms. The number of aromatic nitrogens is 2. The Bertz CT molecular complexity index is 662. The highest BCUT2D eigenvalue weighted by molar-refractivity contribution is 14.0. The van der Waals surface area contributed by atoms with Crippen LogP contribution in [0.4, 0.5) is 0 Å². The minimum atomic E-state index is 0. The maximum absolute atomic E-state index is 4.68. The van der Waals surface area contributed by atoms with Crippen molar-refractivity contribution < 1.29 is 0 Å².